The van der Waals surface area contributed by atoms with Crippen molar-refractivity contribution in [3.8, 4) is 0 Å². The highest BCUT2D eigenvalue weighted by Crippen LogP contribution is 2.29. The molecule has 0 aromatic rings. The summed E-state index contributed by atoms with van der Waals surface area (Å²) in [6.07, 6.45) is -0.632. The molecule has 1 fully saturated rings. The molecule has 1 rings (SSSR count). The van der Waals surface area contributed by atoms with Crippen LogP contribution < -0.4 is 0 Å². The van der Waals surface area contributed by atoms with Crippen LogP contribution in [0.3, 0.4) is 0 Å². The highest BCUT2D eigenvalue weighted by atomic mass is 16.7. The Kier molecular flexibility index (Phi) is 5.64. The normalized spacial score (nSPS) is 39.9. The molecular formula is C11H22O5. The van der Waals surface area contributed by atoms with Gasteiger partial charge in [0.1, 0.15) is 12.2 Å². The summed E-state index contributed by atoms with van der Waals surface area (Å²) in [6, 6.07) is 0. The molecule has 1 saturated heterocycles. The third-order valence-electron chi connectivity index (χ3n) is 3.05. The van der Waals surface area contributed by atoms with E-state index in [9.17, 15) is 0 Å². The van der Waals surface area contributed by atoms with Crippen LogP contribution in [0.25, 0.3) is 0 Å². The molecule has 0 amide bonds. The van der Waals surface area contributed by atoms with E-state index in [1.165, 1.54) is 0 Å². The van der Waals surface area contributed by atoms with E-state index in [4.69, 9.17) is 23.7 Å². The fourth-order valence-corrected chi connectivity index (χ4v) is 2.24. The van der Waals surface area contributed by atoms with Gasteiger partial charge in [-0.3, -0.25) is 0 Å². The Bertz CT molecular complexity index is 195. The van der Waals surface area contributed by atoms with Crippen LogP contribution in [0.2, 0.25) is 0 Å². The summed E-state index contributed by atoms with van der Waals surface area (Å²) < 4.78 is 27.1. The summed E-state index contributed by atoms with van der Waals surface area (Å²) in [6.45, 7) is 2.49. The smallest absolute Gasteiger partial charge is 0.162 e. The average Bonchev–Trinajstić information content (AvgIpc) is 2.30. The van der Waals surface area contributed by atoms with E-state index in [1.807, 2.05) is 6.92 Å². The molecule has 1 aliphatic heterocycles. The molecule has 5 nitrogen and oxygen atoms in total. The van der Waals surface area contributed by atoms with Crippen molar-refractivity contribution in [3.05, 3.63) is 0 Å². The summed E-state index contributed by atoms with van der Waals surface area (Å²) in [5.41, 5.74) is 0. The molecule has 5 heteroatoms. The van der Waals surface area contributed by atoms with Gasteiger partial charge in [0.2, 0.25) is 0 Å². The average molecular weight is 234 g/mol. The topological polar surface area (TPSA) is 46.2 Å². The van der Waals surface area contributed by atoms with E-state index in [1.54, 1.807) is 28.4 Å². The maximum atomic E-state index is 5.77. The quantitative estimate of drug-likeness (QED) is 0.699. The van der Waals surface area contributed by atoms with Crippen LogP contribution in [-0.2, 0) is 23.7 Å². The molecule has 0 aromatic carbocycles. The predicted octanol–water partition coefficient (Wildman–Crippen LogP) is 0.670. The second-order valence-corrected chi connectivity index (χ2v) is 3.99. The van der Waals surface area contributed by atoms with Gasteiger partial charge >= 0.3 is 0 Å². The first-order valence-electron chi connectivity index (χ1n) is 5.42. The first kappa shape index (κ1) is 13.9. The number of rotatable bonds is 5. The lowest BCUT2D eigenvalue weighted by atomic mass is 9.92. The van der Waals surface area contributed by atoms with Gasteiger partial charge in [0, 0.05) is 34.4 Å². The van der Waals surface area contributed by atoms with Crippen molar-refractivity contribution in [1.29, 1.82) is 0 Å². The lowest BCUT2D eigenvalue weighted by Crippen LogP contribution is -2.56. The summed E-state index contributed by atoms with van der Waals surface area (Å²) in [5.74, 6) is 0.119. The second kappa shape index (κ2) is 6.51. The summed E-state index contributed by atoms with van der Waals surface area (Å²) in [7, 11) is 6.60. The first-order chi connectivity index (χ1) is 7.69. The molecule has 96 valence electrons. The second-order valence-electron chi connectivity index (χ2n) is 3.99. The Morgan fingerprint density at radius 2 is 1.56 bits per heavy atom. The molecule has 0 N–H and O–H groups in total. The highest BCUT2D eigenvalue weighted by molar-refractivity contribution is 4.89. The van der Waals surface area contributed by atoms with Crippen LogP contribution in [0.4, 0.5) is 0 Å². The zero-order valence-corrected chi connectivity index (χ0v) is 10.6. The first-order valence-corrected chi connectivity index (χ1v) is 5.42. The lowest BCUT2D eigenvalue weighted by Gasteiger charge is -2.43. The van der Waals surface area contributed by atoms with E-state index >= 15 is 0 Å². The zero-order chi connectivity index (χ0) is 12.1. The molecule has 1 heterocycles. The van der Waals surface area contributed by atoms with E-state index in [2.05, 4.69) is 0 Å². The molecular weight excluding hydrogens is 212 g/mol. The Hall–Kier alpha value is -0.200. The third kappa shape index (κ3) is 2.73. The minimum absolute atomic E-state index is 0.0520. The summed E-state index contributed by atoms with van der Waals surface area (Å²) in [4.78, 5) is 0. The fourth-order valence-electron chi connectivity index (χ4n) is 2.24. The standard InChI is InChI=1S/C11H22O5/c1-7-9(13-3)10(14-4)8(6-12-2)16-11(7)15-5/h7-11H,6H2,1-5H3. The number of hydrogen-bond donors (Lipinski definition) is 0. The molecule has 0 aliphatic carbocycles. The fraction of sp³-hybridized carbons (Fsp3) is 1.00. The summed E-state index contributed by atoms with van der Waals surface area (Å²) >= 11 is 0. The van der Waals surface area contributed by atoms with Crippen LogP contribution in [0.1, 0.15) is 6.92 Å². The molecule has 0 radical (unpaired) electrons. The Labute approximate surface area is 97.0 Å². The van der Waals surface area contributed by atoms with Gasteiger partial charge < -0.3 is 23.7 Å². The Morgan fingerprint density at radius 1 is 0.938 bits per heavy atom. The molecule has 0 aromatic heterocycles. The molecule has 0 spiro atoms. The Morgan fingerprint density at radius 3 is 2.00 bits per heavy atom. The van der Waals surface area contributed by atoms with Gasteiger partial charge in [-0.05, 0) is 0 Å². The van der Waals surface area contributed by atoms with Crippen LogP contribution in [0.5, 0.6) is 0 Å². The monoisotopic (exact) mass is 234 g/mol. The molecule has 5 atom stereocenters. The van der Waals surface area contributed by atoms with Crippen LogP contribution in [0.15, 0.2) is 0 Å². The largest absolute Gasteiger partial charge is 0.382 e. The SMILES string of the molecule is COCC1OC(OC)C(C)C(OC)C1OC. The van der Waals surface area contributed by atoms with Gasteiger partial charge in [-0.1, -0.05) is 6.92 Å². The van der Waals surface area contributed by atoms with Gasteiger partial charge in [0.15, 0.2) is 6.29 Å². The van der Waals surface area contributed by atoms with Crippen molar-refractivity contribution < 1.29 is 23.7 Å². The van der Waals surface area contributed by atoms with Crippen molar-refractivity contribution in [1.82, 2.24) is 0 Å². The lowest BCUT2D eigenvalue weighted by molar-refractivity contribution is -0.284. The van der Waals surface area contributed by atoms with Crippen LogP contribution >= 0.6 is 0 Å². The highest BCUT2D eigenvalue weighted by Gasteiger charge is 2.44. The van der Waals surface area contributed by atoms with E-state index in [-0.39, 0.29) is 30.5 Å². The van der Waals surface area contributed by atoms with Crippen LogP contribution in [-0.4, -0.2) is 59.6 Å². The number of ether oxygens (including phenoxy) is 5. The van der Waals surface area contributed by atoms with Crippen molar-refractivity contribution >= 4 is 0 Å². The Balaban J connectivity index is 2.77. The van der Waals surface area contributed by atoms with E-state index in [0.29, 0.717) is 6.61 Å². The van der Waals surface area contributed by atoms with E-state index < -0.39 is 0 Å². The summed E-state index contributed by atoms with van der Waals surface area (Å²) in [5, 5.41) is 0. The zero-order valence-electron chi connectivity index (χ0n) is 10.6. The van der Waals surface area contributed by atoms with Crippen molar-refractivity contribution in [2.75, 3.05) is 35.0 Å². The van der Waals surface area contributed by atoms with Gasteiger partial charge in [-0.25, -0.2) is 0 Å². The van der Waals surface area contributed by atoms with Crippen LogP contribution in [0, 0.1) is 5.92 Å². The van der Waals surface area contributed by atoms with Crippen molar-refractivity contribution in [2.24, 2.45) is 5.92 Å². The number of methoxy groups -OCH3 is 4. The third-order valence-corrected chi connectivity index (χ3v) is 3.05. The van der Waals surface area contributed by atoms with Crippen molar-refractivity contribution in [2.45, 2.75) is 31.5 Å². The molecule has 0 saturated carbocycles. The molecule has 1 aliphatic rings. The number of hydrogen-bond acceptors (Lipinski definition) is 5. The minimum Gasteiger partial charge on any atom is -0.382 e. The van der Waals surface area contributed by atoms with Gasteiger partial charge in [-0.2, -0.15) is 0 Å². The maximum absolute atomic E-state index is 5.77. The van der Waals surface area contributed by atoms with Crippen molar-refractivity contribution in [3.63, 3.8) is 0 Å². The van der Waals surface area contributed by atoms with E-state index in [0.717, 1.165) is 0 Å². The predicted molar refractivity (Wildman–Crippen MR) is 58.3 cm³/mol. The van der Waals surface area contributed by atoms with Gasteiger partial charge in [-0.15, -0.1) is 0 Å². The van der Waals surface area contributed by atoms with Gasteiger partial charge in [0.05, 0.1) is 12.7 Å². The minimum atomic E-state index is -0.281. The molecule has 16 heavy (non-hydrogen) atoms. The molecule has 0 bridgehead atoms. The van der Waals surface area contributed by atoms with Gasteiger partial charge in [0.25, 0.3) is 0 Å². The maximum Gasteiger partial charge on any atom is 0.162 e. The molecule has 5 unspecified atom stereocenters.